The van der Waals surface area contributed by atoms with Crippen molar-refractivity contribution in [1.82, 2.24) is 10.3 Å². The Bertz CT molecular complexity index is 1040. The Labute approximate surface area is 170 Å². The first-order valence-corrected chi connectivity index (χ1v) is 9.63. The first-order valence-electron chi connectivity index (χ1n) is 9.63. The van der Waals surface area contributed by atoms with Gasteiger partial charge in [0.2, 0.25) is 0 Å². The molecule has 0 aliphatic rings. The predicted octanol–water partition coefficient (Wildman–Crippen LogP) is 5.27. The Balaban J connectivity index is 1.39. The van der Waals surface area contributed by atoms with Crippen LogP contribution in [0.3, 0.4) is 0 Å². The quantitative estimate of drug-likeness (QED) is 0.446. The summed E-state index contributed by atoms with van der Waals surface area (Å²) in [5.41, 5.74) is 3.09. The molecule has 2 aromatic heterocycles. The average molecular weight is 388 g/mol. The van der Waals surface area contributed by atoms with Gasteiger partial charge in [0.25, 0.3) is 0 Å². The normalized spacial score (nSPS) is 12.1. The minimum absolute atomic E-state index is 0.0935. The van der Waals surface area contributed by atoms with Gasteiger partial charge in [0.15, 0.2) is 11.5 Å². The molecule has 0 aliphatic heterocycles. The summed E-state index contributed by atoms with van der Waals surface area (Å²) in [6, 6.07) is 20.1. The lowest BCUT2D eigenvalue weighted by Crippen LogP contribution is -2.17. The first-order chi connectivity index (χ1) is 14.2. The van der Waals surface area contributed by atoms with Crippen molar-refractivity contribution < 1.29 is 13.9 Å². The molecule has 5 nitrogen and oxygen atoms in total. The number of aromatic nitrogens is 1. The number of methoxy groups -OCH3 is 1. The molecule has 1 atom stereocenters. The third kappa shape index (κ3) is 4.58. The van der Waals surface area contributed by atoms with Crippen LogP contribution in [0.1, 0.15) is 29.9 Å². The lowest BCUT2D eigenvalue weighted by Gasteiger charge is -2.14. The molecular weight excluding hydrogens is 364 g/mol. The minimum Gasteiger partial charge on any atom is -0.493 e. The summed E-state index contributed by atoms with van der Waals surface area (Å²) in [5, 5.41) is 4.63. The van der Waals surface area contributed by atoms with E-state index in [9.17, 15) is 0 Å². The van der Waals surface area contributed by atoms with Crippen LogP contribution in [-0.2, 0) is 13.2 Å². The largest absolute Gasteiger partial charge is 0.493 e. The van der Waals surface area contributed by atoms with E-state index in [2.05, 4.69) is 29.4 Å². The number of fused-ring (bicyclic) bond motifs is 1. The number of pyridine rings is 1. The smallest absolute Gasteiger partial charge is 0.161 e. The predicted molar refractivity (Wildman–Crippen MR) is 113 cm³/mol. The molecule has 0 saturated carbocycles. The summed E-state index contributed by atoms with van der Waals surface area (Å²) in [6.45, 7) is 3.26. The highest BCUT2D eigenvalue weighted by Gasteiger charge is 2.12. The van der Waals surface area contributed by atoms with Gasteiger partial charge in [-0.15, -0.1) is 0 Å². The molecular formula is C24H24N2O3. The molecule has 1 N–H and O–H groups in total. The fraction of sp³-hybridized carbons (Fsp3) is 0.208. The van der Waals surface area contributed by atoms with Crippen molar-refractivity contribution in [3.8, 4) is 11.5 Å². The highest BCUT2D eigenvalue weighted by Crippen LogP contribution is 2.29. The highest BCUT2D eigenvalue weighted by atomic mass is 16.5. The second-order valence-corrected chi connectivity index (χ2v) is 6.92. The Morgan fingerprint density at radius 1 is 0.966 bits per heavy atom. The Hall–Kier alpha value is -3.31. The van der Waals surface area contributed by atoms with Crippen molar-refractivity contribution >= 4 is 11.0 Å². The molecule has 2 aromatic carbocycles. The van der Waals surface area contributed by atoms with Crippen LogP contribution in [0, 0.1) is 0 Å². The summed E-state index contributed by atoms with van der Waals surface area (Å²) in [6.07, 6.45) is 3.52. The van der Waals surface area contributed by atoms with E-state index in [4.69, 9.17) is 13.9 Å². The number of para-hydroxylation sites is 1. The van der Waals surface area contributed by atoms with Gasteiger partial charge in [0.05, 0.1) is 13.2 Å². The van der Waals surface area contributed by atoms with Crippen molar-refractivity contribution in [1.29, 1.82) is 0 Å². The lowest BCUT2D eigenvalue weighted by atomic mass is 10.1. The maximum Gasteiger partial charge on any atom is 0.161 e. The molecule has 0 saturated heterocycles. The maximum absolute atomic E-state index is 5.94. The van der Waals surface area contributed by atoms with Gasteiger partial charge in [-0.2, -0.15) is 0 Å². The van der Waals surface area contributed by atoms with Crippen LogP contribution >= 0.6 is 0 Å². The molecule has 0 unspecified atom stereocenters. The van der Waals surface area contributed by atoms with Gasteiger partial charge in [-0.1, -0.05) is 24.3 Å². The molecule has 0 spiro atoms. The number of furan rings is 1. The monoisotopic (exact) mass is 388 g/mol. The van der Waals surface area contributed by atoms with Crippen LogP contribution < -0.4 is 14.8 Å². The standard InChI is InChI=1S/C24H24N2O3/c1-17(23-14-20-5-3-4-6-21(20)29-23)26-15-19-7-8-22(24(13-19)27-2)28-16-18-9-11-25-12-10-18/h3-14,17,26H,15-16H2,1-2H3/t17-/m0/s1. The molecule has 148 valence electrons. The summed E-state index contributed by atoms with van der Waals surface area (Å²) >= 11 is 0. The maximum atomic E-state index is 5.94. The SMILES string of the molecule is COc1cc(CN[C@@H](C)c2cc3ccccc3o2)ccc1OCc1ccncc1. The summed E-state index contributed by atoms with van der Waals surface area (Å²) in [7, 11) is 1.66. The van der Waals surface area contributed by atoms with E-state index in [0.29, 0.717) is 13.2 Å². The van der Waals surface area contributed by atoms with E-state index in [1.54, 1.807) is 19.5 Å². The molecule has 5 heteroatoms. The number of nitrogens with zero attached hydrogens (tertiary/aromatic N) is 1. The van der Waals surface area contributed by atoms with Crippen LogP contribution in [0.4, 0.5) is 0 Å². The van der Waals surface area contributed by atoms with Crippen LogP contribution in [0.15, 0.2) is 77.5 Å². The zero-order chi connectivity index (χ0) is 20.1. The van der Waals surface area contributed by atoms with Crippen LogP contribution in [-0.4, -0.2) is 12.1 Å². The van der Waals surface area contributed by atoms with Crippen molar-refractivity contribution in [3.63, 3.8) is 0 Å². The third-order valence-electron chi connectivity index (χ3n) is 4.86. The van der Waals surface area contributed by atoms with Gasteiger partial charge < -0.3 is 19.2 Å². The van der Waals surface area contributed by atoms with E-state index in [-0.39, 0.29) is 6.04 Å². The second-order valence-electron chi connectivity index (χ2n) is 6.92. The molecule has 0 fully saturated rings. The fourth-order valence-electron chi connectivity index (χ4n) is 3.17. The first kappa shape index (κ1) is 19.0. The van der Waals surface area contributed by atoms with E-state index in [1.165, 1.54) is 0 Å². The van der Waals surface area contributed by atoms with Gasteiger partial charge in [0.1, 0.15) is 18.0 Å². The van der Waals surface area contributed by atoms with Gasteiger partial charge >= 0.3 is 0 Å². The van der Waals surface area contributed by atoms with Gasteiger partial charge in [0, 0.05) is 24.3 Å². The molecule has 0 bridgehead atoms. The number of nitrogens with one attached hydrogen (secondary N) is 1. The Morgan fingerprint density at radius 2 is 1.79 bits per heavy atom. The van der Waals surface area contributed by atoms with Crippen molar-refractivity contribution in [2.45, 2.75) is 26.1 Å². The molecule has 4 rings (SSSR count). The summed E-state index contributed by atoms with van der Waals surface area (Å²) < 4.78 is 17.4. The van der Waals surface area contributed by atoms with E-state index in [0.717, 1.165) is 39.4 Å². The molecule has 4 aromatic rings. The van der Waals surface area contributed by atoms with Crippen molar-refractivity contribution in [3.05, 3.63) is 89.9 Å². The van der Waals surface area contributed by atoms with E-state index >= 15 is 0 Å². The number of hydrogen-bond acceptors (Lipinski definition) is 5. The number of benzene rings is 2. The van der Waals surface area contributed by atoms with Crippen molar-refractivity contribution in [2.75, 3.05) is 7.11 Å². The average Bonchev–Trinajstić information content (AvgIpc) is 3.21. The Morgan fingerprint density at radius 3 is 2.59 bits per heavy atom. The summed E-state index contributed by atoms with van der Waals surface area (Å²) in [5.74, 6) is 2.36. The van der Waals surface area contributed by atoms with Gasteiger partial charge in [-0.25, -0.2) is 0 Å². The lowest BCUT2D eigenvalue weighted by molar-refractivity contribution is 0.284. The molecule has 2 heterocycles. The molecule has 29 heavy (non-hydrogen) atoms. The molecule has 0 radical (unpaired) electrons. The number of ether oxygens (including phenoxy) is 2. The van der Waals surface area contributed by atoms with Gasteiger partial charge in [-0.3, -0.25) is 4.98 Å². The van der Waals surface area contributed by atoms with Crippen LogP contribution in [0.25, 0.3) is 11.0 Å². The Kier molecular flexibility index (Phi) is 5.77. The zero-order valence-corrected chi connectivity index (χ0v) is 16.6. The fourth-order valence-corrected chi connectivity index (χ4v) is 3.17. The number of rotatable bonds is 8. The third-order valence-corrected chi connectivity index (χ3v) is 4.86. The zero-order valence-electron chi connectivity index (χ0n) is 16.6. The van der Waals surface area contributed by atoms with Gasteiger partial charge in [-0.05, 0) is 54.4 Å². The highest BCUT2D eigenvalue weighted by molar-refractivity contribution is 5.77. The molecule has 0 aliphatic carbocycles. The van der Waals surface area contributed by atoms with Crippen LogP contribution in [0.2, 0.25) is 0 Å². The topological polar surface area (TPSA) is 56.5 Å². The van der Waals surface area contributed by atoms with E-state index < -0.39 is 0 Å². The minimum atomic E-state index is 0.0935. The number of hydrogen-bond donors (Lipinski definition) is 1. The molecule has 0 amide bonds. The second kappa shape index (κ2) is 8.80. The summed E-state index contributed by atoms with van der Waals surface area (Å²) in [4.78, 5) is 4.02. The van der Waals surface area contributed by atoms with Crippen molar-refractivity contribution in [2.24, 2.45) is 0 Å². The van der Waals surface area contributed by atoms with Crippen LogP contribution in [0.5, 0.6) is 11.5 Å². The van der Waals surface area contributed by atoms with E-state index in [1.807, 2.05) is 48.5 Å².